The van der Waals surface area contributed by atoms with E-state index in [0.29, 0.717) is 0 Å². The fraction of sp³-hybridized carbons (Fsp3) is 0.368. The van der Waals surface area contributed by atoms with E-state index < -0.39 is 0 Å². The Morgan fingerprint density at radius 1 is 1.08 bits per heavy atom. The van der Waals surface area contributed by atoms with Crippen LogP contribution < -0.4 is 0 Å². The highest BCUT2D eigenvalue weighted by Gasteiger charge is 2.14. The Morgan fingerprint density at radius 2 is 1.92 bits per heavy atom. The monoisotopic (exact) mass is 349 g/mol. The van der Waals surface area contributed by atoms with E-state index in [-0.39, 0.29) is 0 Å². The van der Waals surface area contributed by atoms with Gasteiger partial charge >= 0.3 is 0 Å². The number of rotatable bonds is 5. The van der Waals surface area contributed by atoms with Gasteiger partial charge in [0.2, 0.25) is 0 Å². The molecule has 134 valence electrons. The molecule has 0 spiro atoms. The lowest BCUT2D eigenvalue weighted by Gasteiger charge is -2.04. The third-order valence-electron chi connectivity index (χ3n) is 4.93. The van der Waals surface area contributed by atoms with E-state index in [4.69, 9.17) is 0 Å². The maximum atomic E-state index is 4.66. The number of hydrogen-bond donors (Lipinski definition) is 0. The van der Waals surface area contributed by atoms with E-state index in [1.807, 2.05) is 36.1 Å². The molecular weight excluding hydrogens is 326 g/mol. The summed E-state index contributed by atoms with van der Waals surface area (Å²) in [6, 6.07) is 6.07. The largest absolute Gasteiger partial charge is 0.303 e. The Hall–Kier alpha value is -2.96. The highest BCUT2D eigenvalue weighted by Crippen LogP contribution is 2.22. The van der Waals surface area contributed by atoms with Crippen molar-refractivity contribution in [3.63, 3.8) is 0 Å². The Labute approximate surface area is 152 Å². The van der Waals surface area contributed by atoms with Crippen LogP contribution in [0.2, 0.25) is 0 Å². The zero-order chi connectivity index (χ0) is 18.3. The van der Waals surface area contributed by atoms with Crippen LogP contribution in [-0.2, 0) is 19.5 Å². The van der Waals surface area contributed by atoms with Gasteiger partial charge in [-0.25, -0.2) is 9.67 Å². The third kappa shape index (κ3) is 2.69. The van der Waals surface area contributed by atoms with Crippen molar-refractivity contribution in [2.75, 3.05) is 0 Å². The van der Waals surface area contributed by atoms with Crippen molar-refractivity contribution in [1.82, 2.24) is 34.2 Å². The van der Waals surface area contributed by atoms with Crippen LogP contribution >= 0.6 is 0 Å². The fourth-order valence-corrected chi connectivity index (χ4v) is 3.56. The topological polar surface area (TPSA) is 65.8 Å². The summed E-state index contributed by atoms with van der Waals surface area (Å²) in [5.74, 6) is 0.944. The van der Waals surface area contributed by atoms with Crippen molar-refractivity contribution in [1.29, 1.82) is 0 Å². The first-order valence-electron chi connectivity index (χ1n) is 8.95. The van der Waals surface area contributed by atoms with Crippen molar-refractivity contribution in [3.05, 3.63) is 53.4 Å². The predicted octanol–water partition coefficient (Wildman–Crippen LogP) is 2.98. The van der Waals surface area contributed by atoms with Gasteiger partial charge < -0.3 is 4.40 Å². The van der Waals surface area contributed by atoms with Gasteiger partial charge in [0, 0.05) is 11.9 Å². The molecule has 4 heterocycles. The predicted molar refractivity (Wildman–Crippen MR) is 100 cm³/mol. The molecule has 7 nitrogen and oxygen atoms in total. The zero-order valence-electron chi connectivity index (χ0n) is 15.6. The van der Waals surface area contributed by atoms with Crippen LogP contribution in [-0.4, -0.2) is 34.2 Å². The van der Waals surface area contributed by atoms with E-state index in [2.05, 4.69) is 56.3 Å². The molecule has 0 bridgehead atoms. The van der Waals surface area contributed by atoms with E-state index in [1.165, 1.54) is 11.3 Å². The summed E-state index contributed by atoms with van der Waals surface area (Å²) in [6.45, 7) is 9.87. The zero-order valence-corrected chi connectivity index (χ0v) is 15.6. The Kier molecular flexibility index (Phi) is 4.06. The van der Waals surface area contributed by atoms with Gasteiger partial charge in [0.15, 0.2) is 0 Å². The van der Waals surface area contributed by atoms with Gasteiger partial charge in [-0.3, -0.25) is 4.68 Å². The van der Waals surface area contributed by atoms with Crippen LogP contribution in [0.1, 0.15) is 29.7 Å². The van der Waals surface area contributed by atoms with Crippen LogP contribution in [0.3, 0.4) is 0 Å². The molecular formula is C19H23N7. The van der Waals surface area contributed by atoms with Crippen molar-refractivity contribution in [3.8, 4) is 11.4 Å². The number of hydrogen-bond acceptors (Lipinski definition) is 4. The molecule has 7 heteroatoms. The summed E-state index contributed by atoms with van der Waals surface area (Å²) in [5, 5.41) is 13.3. The summed E-state index contributed by atoms with van der Waals surface area (Å²) >= 11 is 0. The molecule has 4 rings (SSSR count). The van der Waals surface area contributed by atoms with Gasteiger partial charge in [0.05, 0.1) is 30.5 Å². The Balaban J connectivity index is 1.57. The van der Waals surface area contributed by atoms with Gasteiger partial charge in [-0.05, 0) is 44.9 Å². The molecule has 0 aliphatic heterocycles. The van der Waals surface area contributed by atoms with Gasteiger partial charge in [-0.15, -0.1) is 5.10 Å². The summed E-state index contributed by atoms with van der Waals surface area (Å²) in [4.78, 5) is 4.66. The minimum atomic E-state index is 0.725. The summed E-state index contributed by atoms with van der Waals surface area (Å²) < 4.78 is 5.99. The number of fused-ring (bicyclic) bond motifs is 1. The second-order valence-electron chi connectivity index (χ2n) is 6.56. The standard InChI is InChI=1S/C19H23N7/c1-5-16-13(2)22-26(14(16)3)11-10-24-12-17(21-23-24)19-18-8-6-7-9-25(18)15(4)20-19/h6-9,12H,5,10-11H2,1-4H3. The van der Waals surface area contributed by atoms with E-state index in [0.717, 1.165) is 47.9 Å². The molecule has 0 radical (unpaired) electrons. The quantitative estimate of drug-likeness (QED) is 0.555. The fourth-order valence-electron chi connectivity index (χ4n) is 3.56. The molecule has 0 fully saturated rings. The normalized spacial score (nSPS) is 11.5. The maximum Gasteiger partial charge on any atom is 0.133 e. The highest BCUT2D eigenvalue weighted by molar-refractivity contribution is 5.74. The molecule has 0 saturated carbocycles. The highest BCUT2D eigenvalue weighted by atomic mass is 15.4. The summed E-state index contributed by atoms with van der Waals surface area (Å²) in [5.41, 5.74) is 6.40. The van der Waals surface area contributed by atoms with E-state index in [9.17, 15) is 0 Å². The molecule has 0 aliphatic rings. The van der Waals surface area contributed by atoms with Gasteiger partial charge in [-0.2, -0.15) is 5.10 Å². The second kappa shape index (κ2) is 6.40. The first kappa shape index (κ1) is 16.5. The lowest BCUT2D eigenvalue weighted by molar-refractivity contribution is 0.481. The van der Waals surface area contributed by atoms with Crippen LogP contribution in [0.4, 0.5) is 0 Å². The molecule has 4 aromatic rings. The molecule has 0 unspecified atom stereocenters. The SMILES string of the molecule is CCc1c(C)nn(CCn2cc(-c3nc(C)n4ccccc34)nn2)c1C. The van der Waals surface area contributed by atoms with Crippen molar-refractivity contribution in [2.24, 2.45) is 0 Å². The minimum absolute atomic E-state index is 0.725. The average Bonchev–Trinajstić information content (AvgIpc) is 3.30. The third-order valence-corrected chi connectivity index (χ3v) is 4.93. The lowest BCUT2D eigenvalue weighted by atomic mass is 10.1. The lowest BCUT2D eigenvalue weighted by Crippen LogP contribution is -2.10. The molecule has 0 amide bonds. The van der Waals surface area contributed by atoms with Gasteiger partial charge in [0.25, 0.3) is 0 Å². The van der Waals surface area contributed by atoms with E-state index in [1.54, 1.807) is 0 Å². The number of aryl methyl sites for hydroxylation is 4. The number of nitrogens with zero attached hydrogens (tertiary/aromatic N) is 7. The first-order chi connectivity index (χ1) is 12.6. The summed E-state index contributed by atoms with van der Waals surface area (Å²) in [7, 11) is 0. The molecule has 26 heavy (non-hydrogen) atoms. The van der Waals surface area contributed by atoms with Crippen molar-refractivity contribution in [2.45, 2.75) is 47.2 Å². The Morgan fingerprint density at radius 3 is 2.69 bits per heavy atom. The second-order valence-corrected chi connectivity index (χ2v) is 6.56. The molecule has 0 aliphatic carbocycles. The average molecular weight is 349 g/mol. The van der Waals surface area contributed by atoms with Crippen LogP contribution in [0.5, 0.6) is 0 Å². The summed E-state index contributed by atoms with van der Waals surface area (Å²) in [6.07, 6.45) is 4.98. The Bertz CT molecular complexity index is 1070. The minimum Gasteiger partial charge on any atom is -0.303 e. The van der Waals surface area contributed by atoms with Crippen LogP contribution in [0.25, 0.3) is 16.9 Å². The molecule has 0 aromatic carbocycles. The maximum absolute atomic E-state index is 4.66. The number of imidazole rings is 1. The van der Waals surface area contributed by atoms with E-state index >= 15 is 0 Å². The van der Waals surface area contributed by atoms with Crippen LogP contribution in [0.15, 0.2) is 30.6 Å². The van der Waals surface area contributed by atoms with Crippen LogP contribution in [0, 0.1) is 20.8 Å². The van der Waals surface area contributed by atoms with Crippen molar-refractivity contribution >= 4 is 5.52 Å². The molecule has 4 aromatic heterocycles. The van der Waals surface area contributed by atoms with Crippen molar-refractivity contribution < 1.29 is 0 Å². The molecule has 0 atom stereocenters. The molecule has 0 saturated heterocycles. The smallest absolute Gasteiger partial charge is 0.133 e. The van der Waals surface area contributed by atoms with Gasteiger partial charge in [0.1, 0.15) is 17.2 Å². The molecule has 0 N–H and O–H groups in total. The first-order valence-corrected chi connectivity index (χ1v) is 8.95. The van der Waals surface area contributed by atoms with Gasteiger partial charge in [-0.1, -0.05) is 18.2 Å². The number of aromatic nitrogens is 7. The number of pyridine rings is 1.